The molecule has 0 spiro atoms. The third-order valence-corrected chi connectivity index (χ3v) is 4.69. The molecule has 0 fully saturated rings. The number of nitrogens with zero attached hydrogens (tertiary/aromatic N) is 1. The summed E-state index contributed by atoms with van der Waals surface area (Å²) < 4.78 is 11.4. The van der Waals surface area contributed by atoms with Gasteiger partial charge in [0.2, 0.25) is 0 Å². The Labute approximate surface area is 163 Å². The van der Waals surface area contributed by atoms with Crippen molar-refractivity contribution in [3.63, 3.8) is 0 Å². The Hall–Kier alpha value is -2.17. The topological polar surface area (TPSA) is 47.1 Å². The van der Waals surface area contributed by atoms with Crippen LogP contribution in [0.15, 0.2) is 54.9 Å². The van der Waals surface area contributed by atoms with Gasteiger partial charge in [0.25, 0.3) is 0 Å². The Kier molecular flexibility index (Phi) is 6.42. The van der Waals surface area contributed by atoms with Crippen molar-refractivity contribution in [2.45, 2.75) is 25.4 Å². The van der Waals surface area contributed by atoms with Crippen LogP contribution in [0.25, 0.3) is 0 Å². The summed E-state index contributed by atoms with van der Waals surface area (Å²) in [5, 5.41) is 1.01. The number of halogens is 2. The van der Waals surface area contributed by atoms with Gasteiger partial charge >= 0.3 is 0 Å². The van der Waals surface area contributed by atoms with Gasteiger partial charge in [-0.1, -0.05) is 41.4 Å². The van der Waals surface area contributed by atoms with Crippen LogP contribution in [0.5, 0.6) is 11.5 Å². The summed E-state index contributed by atoms with van der Waals surface area (Å²) in [6, 6.07) is 13.4. The van der Waals surface area contributed by atoms with E-state index in [0.717, 1.165) is 24.4 Å². The number of rotatable bonds is 8. The van der Waals surface area contributed by atoms with Crippen molar-refractivity contribution in [2.75, 3.05) is 7.11 Å². The lowest BCUT2D eigenvalue weighted by atomic mass is 10.0. The number of methoxy groups -OCH3 is 1. The number of imidazole rings is 1. The highest BCUT2D eigenvalue weighted by Crippen LogP contribution is 2.34. The molecule has 0 saturated heterocycles. The van der Waals surface area contributed by atoms with Crippen LogP contribution >= 0.6 is 23.2 Å². The number of aromatic nitrogens is 2. The minimum atomic E-state index is -0.111. The lowest BCUT2D eigenvalue weighted by molar-refractivity contribution is 0.189. The maximum absolute atomic E-state index is 6.26. The first kappa shape index (κ1) is 18.6. The van der Waals surface area contributed by atoms with E-state index in [1.807, 2.05) is 12.1 Å². The van der Waals surface area contributed by atoms with Gasteiger partial charge in [0, 0.05) is 18.8 Å². The molecule has 6 heteroatoms. The zero-order valence-corrected chi connectivity index (χ0v) is 15.9. The first-order valence-corrected chi connectivity index (χ1v) is 9.13. The molecular weight excluding hydrogens is 371 g/mol. The Morgan fingerprint density at radius 2 is 1.81 bits per heavy atom. The molecule has 0 aliphatic carbocycles. The lowest BCUT2D eigenvalue weighted by Gasteiger charge is -2.20. The Bertz CT molecular complexity index is 800. The molecule has 0 amide bonds. The molecule has 136 valence electrons. The maximum atomic E-state index is 6.26. The van der Waals surface area contributed by atoms with Crippen molar-refractivity contribution in [1.82, 2.24) is 9.97 Å². The van der Waals surface area contributed by atoms with E-state index in [1.54, 1.807) is 37.7 Å². The molecule has 0 radical (unpaired) electrons. The van der Waals surface area contributed by atoms with E-state index in [0.29, 0.717) is 22.2 Å². The molecule has 1 atom stereocenters. The number of ether oxygens (including phenoxy) is 2. The normalized spacial score (nSPS) is 12.0. The fraction of sp³-hybridized carbons (Fsp3) is 0.250. The average Bonchev–Trinajstić information content (AvgIpc) is 3.16. The minimum Gasteiger partial charge on any atom is -0.497 e. The summed E-state index contributed by atoms with van der Waals surface area (Å²) in [5.41, 5.74) is 1.21. The van der Waals surface area contributed by atoms with Crippen LogP contribution in [0.4, 0.5) is 0 Å². The van der Waals surface area contributed by atoms with Crippen LogP contribution in [-0.4, -0.2) is 23.2 Å². The third-order valence-electron chi connectivity index (χ3n) is 4.09. The fourth-order valence-electron chi connectivity index (χ4n) is 2.71. The molecule has 1 aromatic heterocycles. The van der Waals surface area contributed by atoms with Gasteiger partial charge in [0.05, 0.1) is 17.2 Å². The van der Waals surface area contributed by atoms with Gasteiger partial charge in [-0.3, -0.25) is 0 Å². The van der Waals surface area contributed by atoms with Crippen LogP contribution in [0.3, 0.4) is 0 Å². The number of hydrogen-bond donors (Lipinski definition) is 1. The summed E-state index contributed by atoms with van der Waals surface area (Å²) in [6.45, 7) is 0. The predicted molar refractivity (Wildman–Crippen MR) is 104 cm³/mol. The second-order valence-corrected chi connectivity index (χ2v) is 6.73. The second kappa shape index (κ2) is 8.97. The Balaban J connectivity index is 1.72. The molecule has 1 unspecified atom stereocenters. The third kappa shape index (κ3) is 4.93. The first-order chi connectivity index (χ1) is 12.7. The van der Waals surface area contributed by atoms with Crippen molar-refractivity contribution in [3.05, 3.63) is 76.3 Å². The van der Waals surface area contributed by atoms with E-state index in [9.17, 15) is 0 Å². The van der Waals surface area contributed by atoms with E-state index in [-0.39, 0.29) is 6.10 Å². The molecule has 4 nitrogen and oxygen atoms in total. The Morgan fingerprint density at radius 3 is 2.42 bits per heavy atom. The largest absolute Gasteiger partial charge is 0.497 e. The summed E-state index contributed by atoms with van der Waals surface area (Å²) in [4.78, 5) is 7.42. The quantitative estimate of drug-likeness (QED) is 0.563. The molecule has 2 aromatic carbocycles. The van der Waals surface area contributed by atoms with Crippen LogP contribution in [0.2, 0.25) is 10.0 Å². The standard InChI is InChI=1S/C20H20Cl2N2O2/c1-25-15-8-5-14(6-9-15)7-10-16(13-19-23-11-12-24-19)26-20-17(21)3-2-4-18(20)22/h2-6,8-9,11-12,16H,7,10,13H2,1H3,(H,23,24). The second-order valence-electron chi connectivity index (χ2n) is 5.92. The van der Waals surface area contributed by atoms with Gasteiger partial charge in [0.1, 0.15) is 17.7 Å². The van der Waals surface area contributed by atoms with Gasteiger partial charge < -0.3 is 14.5 Å². The van der Waals surface area contributed by atoms with Gasteiger partial charge in [-0.05, 0) is 42.7 Å². The van der Waals surface area contributed by atoms with E-state index in [4.69, 9.17) is 32.7 Å². The minimum absolute atomic E-state index is 0.111. The number of aromatic amines is 1. The van der Waals surface area contributed by atoms with Crippen LogP contribution in [0, 0.1) is 0 Å². The SMILES string of the molecule is COc1ccc(CCC(Cc2ncc[nH]2)Oc2c(Cl)cccc2Cl)cc1. The lowest BCUT2D eigenvalue weighted by Crippen LogP contribution is -2.21. The molecule has 0 bridgehead atoms. The van der Waals surface area contributed by atoms with E-state index >= 15 is 0 Å². The van der Waals surface area contributed by atoms with Crippen LogP contribution in [0.1, 0.15) is 17.8 Å². The van der Waals surface area contributed by atoms with Crippen LogP contribution < -0.4 is 9.47 Å². The number of aryl methyl sites for hydroxylation is 1. The summed E-state index contributed by atoms with van der Waals surface area (Å²) in [6.07, 6.45) is 5.73. The monoisotopic (exact) mass is 390 g/mol. The van der Waals surface area contributed by atoms with Gasteiger partial charge in [0.15, 0.2) is 5.75 Å². The van der Waals surface area contributed by atoms with Crippen molar-refractivity contribution in [3.8, 4) is 11.5 Å². The zero-order chi connectivity index (χ0) is 18.4. The molecule has 1 heterocycles. The molecule has 0 aliphatic rings. The van der Waals surface area contributed by atoms with Crippen molar-refractivity contribution in [1.29, 1.82) is 0 Å². The molecule has 26 heavy (non-hydrogen) atoms. The summed E-state index contributed by atoms with van der Waals surface area (Å²) in [7, 11) is 1.66. The highest BCUT2D eigenvalue weighted by atomic mass is 35.5. The number of hydrogen-bond acceptors (Lipinski definition) is 3. The van der Waals surface area contributed by atoms with Crippen molar-refractivity contribution >= 4 is 23.2 Å². The number of benzene rings is 2. The summed E-state index contributed by atoms with van der Waals surface area (Å²) >= 11 is 12.5. The highest BCUT2D eigenvalue weighted by molar-refractivity contribution is 6.37. The fourth-order valence-corrected chi connectivity index (χ4v) is 3.20. The molecule has 3 rings (SSSR count). The Morgan fingerprint density at radius 1 is 1.08 bits per heavy atom. The number of H-pyrrole nitrogens is 1. The maximum Gasteiger partial charge on any atom is 0.156 e. The van der Waals surface area contributed by atoms with Gasteiger partial charge in [-0.15, -0.1) is 0 Å². The van der Waals surface area contributed by atoms with E-state index in [1.165, 1.54) is 5.56 Å². The smallest absolute Gasteiger partial charge is 0.156 e. The number of nitrogens with one attached hydrogen (secondary N) is 1. The van der Waals surface area contributed by atoms with Crippen molar-refractivity contribution < 1.29 is 9.47 Å². The van der Waals surface area contributed by atoms with Crippen molar-refractivity contribution in [2.24, 2.45) is 0 Å². The number of para-hydroxylation sites is 1. The average molecular weight is 391 g/mol. The molecule has 3 aromatic rings. The van der Waals surface area contributed by atoms with Gasteiger partial charge in [-0.2, -0.15) is 0 Å². The molecule has 0 saturated carbocycles. The molecule has 1 N–H and O–H groups in total. The van der Waals surface area contributed by atoms with Crippen LogP contribution in [-0.2, 0) is 12.8 Å². The molecule has 0 aliphatic heterocycles. The zero-order valence-electron chi connectivity index (χ0n) is 14.4. The van der Waals surface area contributed by atoms with E-state index < -0.39 is 0 Å². The highest BCUT2D eigenvalue weighted by Gasteiger charge is 2.17. The van der Waals surface area contributed by atoms with Gasteiger partial charge in [-0.25, -0.2) is 4.98 Å². The first-order valence-electron chi connectivity index (χ1n) is 8.37. The predicted octanol–water partition coefficient (Wildman–Crippen LogP) is 5.35. The summed E-state index contributed by atoms with van der Waals surface area (Å²) in [5.74, 6) is 2.23. The molecular formula is C20H20Cl2N2O2. The van der Waals surface area contributed by atoms with E-state index in [2.05, 4.69) is 22.1 Å².